The van der Waals surface area contributed by atoms with Crippen molar-refractivity contribution in [2.75, 3.05) is 13.2 Å². The Bertz CT molecular complexity index is 741. The van der Waals surface area contributed by atoms with E-state index in [0.717, 1.165) is 51.4 Å². The Balaban J connectivity index is 2.35. The maximum atomic E-state index is 13.5. The van der Waals surface area contributed by atoms with Crippen molar-refractivity contribution in [1.29, 1.82) is 0 Å². The highest BCUT2D eigenvalue weighted by atomic mass is 35.5. The number of hydrogen-bond donors (Lipinski definition) is 0. The minimum absolute atomic E-state index is 0.153. The van der Waals surface area contributed by atoms with Crippen LogP contribution in [0.25, 0.3) is 0 Å². The number of halogens is 6. The van der Waals surface area contributed by atoms with Gasteiger partial charge in [0.25, 0.3) is 0 Å². The van der Waals surface area contributed by atoms with E-state index in [0.29, 0.717) is 0 Å². The topological polar surface area (TPSA) is 52.6 Å². The molecule has 6 atom stereocenters. The Hall–Kier alpha value is 0.420. The molecule has 0 spiro atoms. The predicted octanol–water partition coefficient (Wildman–Crippen LogP) is 8.58. The van der Waals surface area contributed by atoms with Gasteiger partial charge in [-0.1, -0.05) is 113 Å². The van der Waals surface area contributed by atoms with Crippen LogP contribution in [0, 0.1) is 23.7 Å². The third-order valence-corrected chi connectivity index (χ3v) is 11.7. The second-order valence-corrected chi connectivity index (χ2v) is 12.9. The molecule has 0 radical (unpaired) electrons. The summed E-state index contributed by atoms with van der Waals surface area (Å²) in [5.74, 6) is -3.86. The van der Waals surface area contributed by atoms with Gasteiger partial charge in [-0.25, -0.2) is 0 Å². The van der Waals surface area contributed by atoms with Crippen LogP contribution in [0.4, 0.5) is 0 Å². The number of rotatable bonds is 14. The summed E-state index contributed by atoms with van der Waals surface area (Å²) in [7, 11) is 0. The Morgan fingerprint density at radius 3 is 1.37 bits per heavy atom. The molecule has 1 fully saturated rings. The van der Waals surface area contributed by atoms with E-state index in [1.54, 1.807) is 0 Å². The second-order valence-electron chi connectivity index (χ2n) is 9.67. The number of hydrogen-bond acceptors (Lipinski definition) is 4. The monoisotopic (exact) mass is 610 g/mol. The number of carbonyl (C=O) groups is 2. The molecule has 202 valence electrons. The first-order valence-electron chi connectivity index (χ1n) is 12.5. The Morgan fingerprint density at radius 2 is 1.09 bits per heavy atom. The zero-order valence-corrected chi connectivity index (χ0v) is 25.3. The minimum atomic E-state index is -2.05. The van der Waals surface area contributed by atoms with Crippen LogP contribution in [0.2, 0.25) is 0 Å². The van der Waals surface area contributed by atoms with Gasteiger partial charge in [-0.15, -0.1) is 23.2 Å². The first-order chi connectivity index (χ1) is 16.4. The van der Waals surface area contributed by atoms with Crippen LogP contribution in [-0.2, 0) is 19.1 Å². The standard InChI is InChI=1S/C25H36Cl6O4/c1-5-9-11-15(7-3)13-34-21(32)17-18(22(33)35-14-16(8-4)12-10-6-2)24(29)20(27)19(26)23(17,28)25(24,30)31/h15-18H,5-14H2,1-4H3. The summed E-state index contributed by atoms with van der Waals surface area (Å²) in [6.07, 6.45) is 7.63. The van der Waals surface area contributed by atoms with Crippen molar-refractivity contribution in [3.05, 3.63) is 10.1 Å². The Labute approximate surface area is 239 Å². The quantitative estimate of drug-likeness (QED) is 0.146. The largest absolute Gasteiger partial charge is 0.465 e. The summed E-state index contributed by atoms with van der Waals surface area (Å²) in [4.78, 5) is 23.0. The third-order valence-electron chi connectivity index (χ3n) is 7.45. The molecule has 2 rings (SSSR count). The molecule has 0 heterocycles. The highest BCUT2D eigenvalue weighted by molar-refractivity contribution is 6.66. The molecule has 0 N–H and O–H groups in total. The van der Waals surface area contributed by atoms with E-state index in [-0.39, 0.29) is 35.1 Å². The molecule has 0 aliphatic heterocycles. The lowest BCUT2D eigenvalue weighted by Crippen LogP contribution is -2.47. The smallest absolute Gasteiger partial charge is 0.312 e. The van der Waals surface area contributed by atoms with E-state index < -0.39 is 37.9 Å². The second kappa shape index (κ2) is 13.0. The number of ether oxygens (including phenoxy) is 2. The van der Waals surface area contributed by atoms with E-state index in [9.17, 15) is 9.59 Å². The fourth-order valence-corrected chi connectivity index (χ4v) is 7.88. The van der Waals surface area contributed by atoms with Crippen molar-refractivity contribution in [1.82, 2.24) is 0 Å². The van der Waals surface area contributed by atoms with Gasteiger partial charge in [0.2, 0.25) is 0 Å². The lowest BCUT2D eigenvalue weighted by Gasteiger charge is -2.34. The first-order valence-corrected chi connectivity index (χ1v) is 14.8. The minimum Gasteiger partial charge on any atom is -0.465 e. The van der Waals surface area contributed by atoms with Crippen molar-refractivity contribution >= 4 is 81.5 Å². The summed E-state index contributed by atoms with van der Waals surface area (Å²) in [5, 5.41) is -0.307. The van der Waals surface area contributed by atoms with E-state index in [1.807, 2.05) is 13.8 Å². The highest BCUT2D eigenvalue weighted by Gasteiger charge is 2.86. The Morgan fingerprint density at radius 1 is 0.743 bits per heavy atom. The number of allylic oxidation sites excluding steroid dienone is 2. The average Bonchev–Trinajstić information content (AvgIpc) is 3.04. The predicted molar refractivity (Wildman–Crippen MR) is 146 cm³/mol. The zero-order valence-electron chi connectivity index (χ0n) is 20.8. The summed E-state index contributed by atoms with van der Waals surface area (Å²) in [6.45, 7) is 8.63. The molecule has 2 bridgehead atoms. The Kier molecular flexibility index (Phi) is 11.7. The van der Waals surface area contributed by atoms with Crippen LogP contribution in [0.3, 0.4) is 0 Å². The van der Waals surface area contributed by atoms with Crippen LogP contribution in [0.1, 0.15) is 79.1 Å². The summed E-state index contributed by atoms with van der Waals surface area (Å²) in [5.41, 5.74) is 0. The number of esters is 2. The molecule has 0 saturated heterocycles. The van der Waals surface area contributed by atoms with Crippen molar-refractivity contribution in [2.45, 2.75) is 93.1 Å². The highest BCUT2D eigenvalue weighted by Crippen LogP contribution is 2.76. The SMILES string of the molecule is CCCCC(CC)COC(=O)C1C(C(=O)OCC(CC)CCCC)C2(Cl)C(Cl)=C(Cl)C1(Cl)C2(Cl)Cl. The fraction of sp³-hybridized carbons (Fsp3) is 0.840. The zero-order chi connectivity index (χ0) is 26.6. The lowest BCUT2D eigenvalue weighted by atomic mass is 9.81. The molecule has 0 aromatic rings. The number of unbranched alkanes of at least 4 members (excludes halogenated alkanes) is 2. The summed E-state index contributed by atoms with van der Waals surface area (Å²) < 4.78 is 9.28. The lowest BCUT2D eigenvalue weighted by molar-refractivity contribution is -0.162. The van der Waals surface area contributed by atoms with Crippen LogP contribution in [-0.4, -0.2) is 39.2 Å². The van der Waals surface area contributed by atoms with Gasteiger partial charge in [-0.2, -0.15) is 0 Å². The van der Waals surface area contributed by atoms with Crippen molar-refractivity contribution in [3.8, 4) is 0 Å². The number of alkyl halides is 4. The van der Waals surface area contributed by atoms with Gasteiger partial charge in [-0.3, -0.25) is 9.59 Å². The van der Waals surface area contributed by atoms with Crippen molar-refractivity contribution in [2.24, 2.45) is 23.7 Å². The van der Waals surface area contributed by atoms with Crippen LogP contribution in [0.15, 0.2) is 10.1 Å². The molecular formula is C25H36Cl6O4. The van der Waals surface area contributed by atoms with Gasteiger partial charge >= 0.3 is 11.9 Å². The van der Waals surface area contributed by atoms with E-state index in [2.05, 4.69) is 13.8 Å². The molecule has 4 nitrogen and oxygen atoms in total. The van der Waals surface area contributed by atoms with Gasteiger partial charge in [0, 0.05) is 0 Å². The van der Waals surface area contributed by atoms with Crippen LogP contribution >= 0.6 is 69.6 Å². The van der Waals surface area contributed by atoms with Gasteiger partial charge < -0.3 is 9.47 Å². The van der Waals surface area contributed by atoms with Crippen LogP contribution in [0.5, 0.6) is 0 Å². The van der Waals surface area contributed by atoms with Gasteiger partial charge in [0.15, 0.2) is 4.33 Å². The number of fused-ring (bicyclic) bond motifs is 2. The molecule has 2 aliphatic carbocycles. The van der Waals surface area contributed by atoms with Gasteiger partial charge in [0.05, 0.1) is 35.1 Å². The van der Waals surface area contributed by atoms with E-state index >= 15 is 0 Å². The maximum Gasteiger partial charge on any atom is 0.312 e. The van der Waals surface area contributed by atoms with Gasteiger partial charge in [-0.05, 0) is 24.7 Å². The first kappa shape index (κ1) is 31.6. The molecule has 35 heavy (non-hydrogen) atoms. The maximum absolute atomic E-state index is 13.5. The summed E-state index contributed by atoms with van der Waals surface area (Å²) in [6, 6.07) is 0. The fourth-order valence-electron chi connectivity index (χ4n) is 4.96. The van der Waals surface area contributed by atoms with Crippen LogP contribution < -0.4 is 0 Å². The molecule has 0 amide bonds. The molecule has 10 heteroatoms. The average molecular weight is 613 g/mol. The van der Waals surface area contributed by atoms with E-state index in [1.165, 1.54) is 0 Å². The summed E-state index contributed by atoms with van der Waals surface area (Å²) >= 11 is 40.0. The van der Waals surface area contributed by atoms with Crippen molar-refractivity contribution in [3.63, 3.8) is 0 Å². The molecule has 2 aliphatic rings. The molecule has 1 saturated carbocycles. The molecule has 6 unspecified atom stereocenters. The molecular weight excluding hydrogens is 577 g/mol. The van der Waals surface area contributed by atoms with Crippen molar-refractivity contribution < 1.29 is 19.1 Å². The van der Waals surface area contributed by atoms with Gasteiger partial charge in [0.1, 0.15) is 9.75 Å². The molecule has 0 aromatic heterocycles. The normalized spacial score (nSPS) is 30.9. The number of carbonyl (C=O) groups excluding carboxylic acids is 2. The van der Waals surface area contributed by atoms with E-state index in [4.69, 9.17) is 79.1 Å². The molecule has 0 aromatic carbocycles. The third kappa shape index (κ3) is 5.59.